The lowest BCUT2D eigenvalue weighted by atomic mass is 9.88. The van der Waals surface area contributed by atoms with Crippen molar-refractivity contribution in [3.05, 3.63) is 83.9 Å². The zero-order chi connectivity index (χ0) is 48.6. The van der Waals surface area contributed by atoms with Crippen LogP contribution >= 0.6 is 0 Å². The SMILES string of the molecule is CC(C)[Si](C(C)C)[Si](OOC[C@H]1O[C@@H]2[C@H](C(=O)c3ccccc3C(=O)N(C(=O)c3ccccc3)c3ncnc4c3ncn42)[C@@H]1OO[Si](C(C)C)(C(C)C)[Si](C(C)C)C(C)C)(C(C)C)C(C)C. The molecule has 2 aromatic heterocycles. The van der Waals surface area contributed by atoms with Gasteiger partial charge in [0.1, 0.15) is 31.4 Å². The van der Waals surface area contributed by atoms with Crippen LogP contribution in [-0.2, 0) is 23.7 Å². The summed E-state index contributed by atoms with van der Waals surface area (Å²) in [5, 5.41) is 0. The molecule has 2 amide bonds. The molecule has 358 valence electrons. The molecule has 0 saturated carbocycles. The second kappa shape index (κ2) is 21.0. The Morgan fingerprint density at radius 3 is 1.73 bits per heavy atom. The molecule has 2 radical (unpaired) electrons. The van der Waals surface area contributed by atoms with Gasteiger partial charge < -0.3 is 4.74 Å². The number of carbonyl (C=O) groups is 3. The van der Waals surface area contributed by atoms with Crippen LogP contribution in [0.5, 0.6) is 0 Å². The molecule has 0 spiro atoms. The van der Waals surface area contributed by atoms with E-state index in [1.54, 1.807) is 59.2 Å². The van der Waals surface area contributed by atoms with Crippen LogP contribution in [0.3, 0.4) is 0 Å². The van der Waals surface area contributed by atoms with Gasteiger partial charge in [-0.05, 0) is 40.4 Å². The van der Waals surface area contributed by atoms with Crippen molar-refractivity contribution in [2.24, 2.45) is 5.92 Å². The van der Waals surface area contributed by atoms with Gasteiger partial charge in [0.05, 0.1) is 34.4 Å². The molecule has 0 N–H and O–H groups in total. The van der Waals surface area contributed by atoms with Gasteiger partial charge in [0.25, 0.3) is 11.8 Å². The van der Waals surface area contributed by atoms with Crippen molar-refractivity contribution in [2.75, 3.05) is 11.5 Å². The summed E-state index contributed by atoms with van der Waals surface area (Å²) in [4.78, 5) is 73.8. The number of ketones is 1. The van der Waals surface area contributed by atoms with Gasteiger partial charge in [0, 0.05) is 11.1 Å². The Bertz CT molecular complexity index is 2290. The zero-order valence-corrected chi connectivity index (χ0v) is 46.0. The number of amides is 2. The highest BCUT2D eigenvalue weighted by Crippen LogP contribution is 2.48. The molecule has 2 aliphatic heterocycles. The highest BCUT2D eigenvalue weighted by molar-refractivity contribution is 7.32. The average Bonchev–Trinajstić information content (AvgIpc) is 3.85. The Balaban J connectivity index is 1.55. The Labute approximate surface area is 397 Å². The summed E-state index contributed by atoms with van der Waals surface area (Å²) in [5.41, 5.74) is 3.47. The minimum absolute atomic E-state index is 0.0148. The highest BCUT2D eigenvalue weighted by atomic mass is 29.2. The molecule has 1 fully saturated rings. The lowest BCUT2D eigenvalue weighted by Gasteiger charge is -2.46. The van der Waals surface area contributed by atoms with Gasteiger partial charge in [-0.3, -0.25) is 28.1 Å². The van der Waals surface area contributed by atoms with Gasteiger partial charge in [0.15, 0.2) is 22.8 Å². The van der Waals surface area contributed by atoms with Crippen molar-refractivity contribution < 1.29 is 38.0 Å². The van der Waals surface area contributed by atoms with E-state index in [0.29, 0.717) is 22.2 Å². The zero-order valence-electron chi connectivity index (χ0n) is 42.0. The van der Waals surface area contributed by atoms with E-state index < -0.39 is 74.2 Å². The normalized spacial score (nSPS) is 19.7. The van der Waals surface area contributed by atoms with Gasteiger partial charge in [-0.2, -0.15) is 0 Å². The van der Waals surface area contributed by atoms with E-state index in [1.807, 2.05) is 0 Å². The maximum absolute atomic E-state index is 15.8. The molecule has 4 atom stereocenters. The monoisotopic (exact) mass is 971 g/mol. The summed E-state index contributed by atoms with van der Waals surface area (Å²) in [7, 11) is -7.59. The van der Waals surface area contributed by atoms with Crippen LogP contribution in [0.25, 0.3) is 11.2 Å². The lowest BCUT2D eigenvalue weighted by molar-refractivity contribution is -0.291. The van der Waals surface area contributed by atoms with Crippen LogP contribution in [0, 0.1) is 5.92 Å². The van der Waals surface area contributed by atoms with Gasteiger partial charge in [-0.25, -0.2) is 29.6 Å². The Hall–Kier alpha value is -3.53. The summed E-state index contributed by atoms with van der Waals surface area (Å²) in [6.07, 6.45) is -0.123. The summed E-state index contributed by atoms with van der Waals surface area (Å²) < 4.78 is 23.0. The van der Waals surface area contributed by atoms with Gasteiger partial charge in [-0.15, -0.1) is 0 Å². The first-order valence-corrected chi connectivity index (χ1v) is 33.4. The standard InChI is InChI=1S/C49H73N5O8Si4/c1-29(2)63(30(3)4)65(33(9)10,34(11)12)61-58-26-40-44(60-62-66(35(13)14,36(15)16)64(31(5)6)32(7)8)41-43(55)38-24-20-21-25-39(38)48(57)54(47(56)37-22-18-17-19-23-37)46-42-45(50-27-51-46)53(28-52-42)49(41)59-40/h17-25,27-36,40-41,44,49H,26H2,1-16H3/t40-,41-,44-,49-/m1/s1. The van der Waals surface area contributed by atoms with Crippen molar-refractivity contribution in [3.8, 4) is 0 Å². The van der Waals surface area contributed by atoms with E-state index in [4.69, 9.17) is 28.6 Å². The molecule has 2 aromatic carbocycles. The van der Waals surface area contributed by atoms with E-state index in [-0.39, 0.29) is 62.4 Å². The fourth-order valence-corrected chi connectivity index (χ4v) is 44.3. The third-order valence-corrected chi connectivity index (χ3v) is 48.0. The second-order valence-corrected chi connectivity index (χ2v) is 43.3. The lowest BCUT2D eigenvalue weighted by Crippen LogP contribution is -2.62. The van der Waals surface area contributed by atoms with E-state index in [2.05, 4.69) is 121 Å². The average molecular weight is 972 g/mol. The summed E-state index contributed by atoms with van der Waals surface area (Å²) in [6.45, 7) is 36.4. The summed E-state index contributed by atoms with van der Waals surface area (Å²) in [6, 6.07) is 15.1. The number of fused-ring (bicyclic) bond motifs is 3. The van der Waals surface area contributed by atoms with Crippen LogP contribution in [0.1, 0.15) is 148 Å². The third-order valence-electron chi connectivity index (χ3n) is 13.9. The van der Waals surface area contributed by atoms with Crippen LogP contribution in [-0.4, -0.2) is 88.2 Å². The molecular weight excluding hydrogens is 899 g/mol. The number of rotatable bonds is 18. The number of carbonyl (C=O) groups excluding carboxylic acids is 3. The van der Waals surface area contributed by atoms with Crippen LogP contribution < -0.4 is 4.90 Å². The largest absolute Gasteiger partial charge is 0.348 e. The van der Waals surface area contributed by atoms with Crippen molar-refractivity contribution in [1.82, 2.24) is 19.5 Å². The van der Waals surface area contributed by atoms with Crippen molar-refractivity contribution in [3.63, 3.8) is 0 Å². The Morgan fingerprint density at radius 2 is 1.20 bits per heavy atom. The van der Waals surface area contributed by atoms with Crippen molar-refractivity contribution in [1.29, 1.82) is 0 Å². The maximum Gasteiger partial charge on any atom is 0.267 e. The Morgan fingerprint density at radius 1 is 0.682 bits per heavy atom. The molecule has 17 heteroatoms. The summed E-state index contributed by atoms with van der Waals surface area (Å²) in [5.74, 6) is -2.89. The van der Waals surface area contributed by atoms with Crippen molar-refractivity contribution >= 4 is 66.9 Å². The molecule has 4 aromatic rings. The smallest absolute Gasteiger partial charge is 0.267 e. The van der Waals surface area contributed by atoms with Gasteiger partial charge in [0.2, 0.25) is 15.7 Å². The second-order valence-electron chi connectivity index (χ2n) is 20.6. The van der Waals surface area contributed by atoms with Gasteiger partial charge >= 0.3 is 0 Å². The van der Waals surface area contributed by atoms with E-state index in [1.165, 1.54) is 12.7 Å². The molecule has 4 heterocycles. The van der Waals surface area contributed by atoms with E-state index >= 15 is 9.59 Å². The Kier molecular flexibility index (Phi) is 16.5. The molecule has 6 rings (SSSR count). The third kappa shape index (κ3) is 9.32. The summed E-state index contributed by atoms with van der Waals surface area (Å²) >= 11 is 0. The number of anilines is 1. The van der Waals surface area contributed by atoms with Crippen LogP contribution in [0.4, 0.5) is 5.82 Å². The molecule has 2 aliphatic rings. The molecule has 1 saturated heterocycles. The number of hydrogen-bond donors (Lipinski definition) is 0. The number of imidazole rings is 1. The molecule has 0 aliphatic carbocycles. The number of imide groups is 1. The number of hydrogen-bond acceptors (Lipinski definition) is 11. The number of Topliss-reactive ketones (excluding diaryl/α,β-unsaturated/α-hetero) is 1. The molecule has 0 unspecified atom stereocenters. The fraction of sp³-hybridized carbons (Fsp3) is 0.592. The first-order valence-electron chi connectivity index (χ1n) is 23.9. The topological polar surface area (TPSA) is 144 Å². The number of ether oxygens (including phenoxy) is 1. The van der Waals surface area contributed by atoms with E-state index in [0.717, 1.165) is 4.90 Å². The van der Waals surface area contributed by atoms with Crippen molar-refractivity contribution in [2.45, 2.75) is 174 Å². The first kappa shape index (κ1) is 51.9. The molecule has 4 bridgehead atoms. The number of benzene rings is 2. The molecular formula is C49H73N5O8Si4. The van der Waals surface area contributed by atoms with Crippen LogP contribution in [0.15, 0.2) is 67.3 Å². The molecule has 13 nitrogen and oxygen atoms in total. The minimum atomic E-state index is -2.77. The van der Waals surface area contributed by atoms with Crippen LogP contribution in [0.2, 0.25) is 44.3 Å². The van der Waals surface area contributed by atoms with E-state index in [9.17, 15) is 4.79 Å². The first-order chi connectivity index (χ1) is 31.1. The highest BCUT2D eigenvalue weighted by Gasteiger charge is 2.59. The number of nitrogens with zero attached hydrogens (tertiary/aromatic N) is 5. The quantitative estimate of drug-likeness (QED) is 0.0407. The predicted molar refractivity (Wildman–Crippen MR) is 268 cm³/mol. The predicted octanol–water partition coefficient (Wildman–Crippen LogP) is 11.6. The van der Waals surface area contributed by atoms with Gasteiger partial charge in [-0.1, -0.05) is 169 Å². The fourth-order valence-electron chi connectivity index (χ4n) is 11.5. The molecule has 66 heavy (non-hydrogen) atoms. The minimum Gasteiger partial charge on any atom is -0.348 e. The number of aromatic nitrogens is 4. The maximum atomic E-state index is 15.8.